The van der Waals surface area contributed by atoms with Gasteiger partial charge in [0.1, 0.15) is 18.2 Å². The average molecular weight is 513 g/mol. The first-order valence-corrected chi connectivity index (χ1v) is 12.2. The minimum Gasteiger partial charge on any atom is -0.488 e. The number of carboxylic acid groups (broad SMARTS) is 1. The molecule has 0 spiro atoms. The highest BCUT2D eigenvalue weighted by molar-refractivity contribution is 8.18. The lowest BCUT2D eigenvalue weighted by molar-refractivity contribution is -0.136. The minimum atomic E-state index is -0.897. The highest BCUT2D eigenvalue weighted by Gasteiger charge is 2.23. The molecule has 4 aromatic rings. The van der Waals surface area contributed by atoms with Crippen LogP contribution in [0.4, 0.5) is 10.1 Å². The van der Waals surface area contributed by atoms with Gasteiger partial charge in [-0.2, -0.15) is 4.99 Å². The van der Waals surface area contributed by atoms with E-state index in [4.69, 9.17) is 9.84 Å². The van der Waals surface area contributed by atoms with Crippen molar-refractivity contribution in [3.05, 3.63) is 112 Å². The summed E-state index contributed by atoms with van der Waals surface area (Å²) in [4.78, 5) is 28.1. The number of anilines is 1. The minimum absolute atomic E-state index is 0.0569. The third kappa shape index (κ3) is 6.05. The molecule has 1 aliphatic rings. The lowest BCUT2D eigenvalue weighted by Crippen LogP contribution is -2.05. The van der Waals surface area contributed by atoms with Gasteiger partial charge in [0, 0.05) is 11.3 Å². The molecule has 1 heterocycles. The van der Waals surface area contributed by atoms with Gasteiger partial charge in [-0.3, -0.25) is 9.59 Å². The van der Waals surface area contributed by atoms with Gasteiger partial charge in [-0.25, -0.2) is 4.39 Å². The molecule has 4 aromatic carbocycles. The fraction of sp³-hybridized carbons (Fsp3) is 0.0690. The van der Waals surface area contributed by atoms with E-state index in [0.717, 1.165) is 21.9 Å². The van der Waals surface area contributed by atoms with Crippen LogP contribution in [0.3, 0.4) is 0 Å². The predicted octanol–water partition coefficient (Wildman–Crippen LogP) is 6.27. The molecule has 1 aliphatic heterocycles. The zero-order chi connectivity index (χ0) is 25.8. The number of halogens is 1. The van der Waals surface area contributed by atoms with Crippen LogP contribution in [-0.2, 0) is 22.6 Å². The third-order valence-corrected chi connectivity index (χ3v) is 6.55. The molecule has 37 heavy (non-hydrogen) atoms. The maximum absolute atomic E-state index is 13.3. The molecular formula is C29H21FN2O4S. The summed E-state index contributed by atoms with van der Waals surface area (Å²) in [6.07, 6.45) is 1.70. The number of amidine groups is 1. The maximum Gasteiger partial charge on any atom is 0.307 e. The SMILES string of the molecule is O=C(O)Cc1ccc(NC2=NC(=O)C(=Cc3cc4ccccc4cc3OCc3ccc(F)cc3)S2)cc1. The fourth-order valence-corrected chi connectivity index (χ4v) is 4.65. The number of aliphatic imine (C=N–C) groups is 1. The van der Waals surface area contributed by atoms with Gasteiger partial charge in [0.15, 0.2) is 5.17 Å². The zero-order valence-corrected chi connectivity index (χ0v) is 20.3. The van der Waals surface area contributed by atoms with E-state index in [2.05, 4.69) is 10.3 Å². The molecule has 0 aliphatic carbocycles. The molecule has 6 nitrogen and oxygen atoms in total. The van der Waals surface area contributed by atoms with Crippen LogP contribution >= 0.6 is 11.8 Å². The Balaban J connectivity index is 1.36. The van der Waals surface area contributed by atoms with E-state index >= 15 is 0 Å². The fourth-order valence-electron chi connectivity index (χ4n) is 3.82. The molecule has 8 heteroatoms. The summed E-state index contributed by atoms with van der Waals surface area (Å²) in [6, 6.07) is 24.8. The summed E-state index contributed by atoms with van der Waals surface area (Å²) in [5.74, 6) is -0.976. The second-order valence-corrected chi connectivity index (χ2v) is 9.41. The van der Waals surface area contributed by atoms with Crippen molar-refractivity contribution in [2.75, 3.05) is 5.32 Å². The molecule has 1 amide bonds. The van der Waals surface area contributed by atoms with Crippen molar-refractivity contribution in [1.82, 2.24) is 0 Å². The number of carbonyl (C=O) groups excluding carboxylic acids is 1. The molecule has 0 fully saturated rings. The molecule has 0 unspecified atom stereocenters. The number of carboxylic acids is 1. The van der Waals surface area contributed by atoms with E-state index < -0.39 is 5.97 Å². The number of thioether (sulfide) groups is 1. The van der Waals surface area contributed by atoms with Gasteiger partial charge in [-0.15, -0.1) is 0 Å². The lowest BCUT2D eigenvalue weighted by atomic mass is 10.1. The Morgan fingerprint density at radius 2 is 1.65 bits per heavy atom. The van der Waals surface area contributed by atoms with Crippen LogP contribution in [-0.4, -0.2) is 22.2 Å². The zero-order valence-electron chi connectivity index (χ0n) is 19.5. The number of nitrogens with one attached hydrogen (secondary N) is 1. The number of ether oxygens (including phenoxy) is 1. The first-order valence-electron chi connectivity index (χ1n) is 11.4. The molecule has 0 radical (unpaired) electrons. The normalized spacial score (nSPS) is 14.1. The summed E-state index contributed by atoms with van der Waals surface area (Å²) in [6.45, 7) is 0.247. The van der Waals surface area contributed by atoms with Gasteiger partial charge in [0.2, 0.25) is 0 Å². The number of rotatable bonds is 7. The molecule has 0 atom stereocenters. The number of hydrogen-bond donors (Lipinski definition) is 2. The highest BCUT2D eigenvalue weighted by atomic mass is 32.2. The summed E-state index contributed by atoms with van der Waals surface area (Å²) in [7, 11) is 0. The Morgan fingerprint density at radius 1 is 0.973 bits per heavy atom. The number of aliphatic carboxylic acids is 1. The van der Waals surface area contributed by atoms with Crippen LogP contribution < -0.4 is 10.1 Å². The second kappa shape index (κ2) is 10.7. The molecule has 5 rings (SSSR count). The van der Waals surface area contributed by atoms with Gasteiger partial charge < -0.3 is 15.2 Å². The van der Waals surface area contributed by atoms with Crippen LogP contribution in [0.1, 0.15) is 16.7 Å². The molecular weight excluding hydrogens is 491 g/mol. The summed E-state index contributed by atoms with van der Waals surface area (Å²) >= 11 is 1.21. The molecule has 0 aromatic heterocycles. The predicted molar refractivity (Wildman–Crippen MR) is 144 cm³/mol. The van der Waals surface area contributed by atoms with E-state index in [1.807, 2.05) is 36.4 Å². The first kappa shape index (κ1) is 24.3. The van der Waals surface area contributed by atoms with Crippen molar-refractivity contribution in [3.63, 3.8) is 0 Å². The van der Waals surface area contributed by atoms with Crippen molar-refractivity contribution in [3.8, 4) is 5.75 Å². The Bertz CT molecular complexity index is 1550. The standard InChI is InChI=1S/C29H21FN2O4S/c30-23-9-5-19(6-10-23)17-36-25-15-21-4-2-1-3-20(21)14-22(25)16-26-28(35)32-29(37-26)31-24-11-7-18(8-12-24)13-27(33)34/h1-12,14-16H,13,17H2,(H,33,34)(H,31,32,35). The van der Waals surface area contributed by atoms with Gasteiger partial charge >= 0.3 is 5.97 Å². The smallest absolute Gasteiger partial charge is 0.307 e. The lowest BCUT2D eigenvalue weighted by Gasteiger charge is -2.12. The van der Waals surface area contributed by atoms with E-state index in [0.29, 0.717) is 27.1 Å². The van der Waals surface area contributed by atoms with E-state index in [9.17, 15) is 14.0 Å². The third-order valence-electron chi connectivity index (χ3n) is 5.65. The average Bonchev–Trinajstić information content (AvgIpc) is 3.22. The number of benzene rings is 4. The number of amides is 1. The molecule has 184 valence electrons. The van der Waals surface area contributed by atoms with E-state index in [-0.39, 0.29) is 24.8 Å². The molecule has 2 N–H and O–H groups in total. The quantitative estimate of drug-likeness (QED) is 0.284. The van der Waals surface area contributed by atoms with Crippen LogP contribution in [0.2, 0.25) is 0 Å². The Hall–Kier alpha value is -4.43. The Labute approximate surface area is 216 Å². The molecule has 0 bridgehead atoms. The number of hydrogen-bond acceptors (Lipinski definition) is 5. The monoisotopic (exact) mass is 512 g/mol. The summed E-state index contributed by atoms with van der Waals surface area (Å²) < 4.78 is 19.4. The summed E-state index contributed by atoms with van der Waals surface area (Å²) in [5.41, 5.74) is 2.93. The number of fused-ring (bicyclic) bond motifs is 1. The maximum atomic E-state index is 13.3. The van der Waals surface area contributed by atoms with Gasteiger partial charge in [-0.1, -0.05) is 48.5 Å². The van der Waals surface area contributed by atoms with E-state index in [1.165, 1.54) is 23.9 Å². The second-order valence-electron chi connectivity index (χ2n) is 8.38. The van der Waals surface area contributed by atoms with Gasteiger partial charge in [-0.05, 0) is 76.1 Å². The van der Waals surface area contributed by atoms with Crippen molar-refractivity contribution in [1.29, 1.82) is 0 Å². The summed E-state index contributed by atoms with van der Waals surface area (Å²) in [5, 5.41) is 14.4. The molecule has 0 saturated heterocycles. The van der Waals surface area contributed by atoms with Crippen LogP contribution in [0.15, 0.2) is 94.8 Å². The topological polar surface area (TPSA) is 88.0 Å². The van der Waals surface area contributed by atoms with Crippen LogP contribution in [0.5, 0.6) is 5.75 Å². The highest BCUT2D eigenvalue weighted by Crippen LogP contribution is 2.34. The largest absolute Gasteiger partial charge is 0.488 e. The van der Waals surface area contributed by atoms with E-state index in [1.54, 1.807) is 42.5 Å². The van der Waals surface area contributed by atoms with Crippen molar-refractivity contribution in [2.45, 2.75) is 13.0 Å². The van der Waals surface area contributed by atoms with Crippen molar-refractivity contribution < 1.29 is 23.8 Å². The Morgan fingerprint density at radius 3 is 2.35 bits per heavy atom. The Kier molecular flexibility index (Phi) is 7.00. The first-order chi connectivity index (χ1) is 17.9. The van der Waals surface area contributed by atoms with Crippen molar-refractivity contribution >= 4 is 51.3 Å². The van der Waals surface area contributed by atoms with Crippen LogP contribution in [0, 0.1) is 5.82 Å². The van der Waals surface area contributed by atoms with Gasteiger partial charge in [0.25, 0.3) is 5.91 Å². The van der Waals surface area contributed by atoms with Crippen molar-refractivity contribution in [2.24, 2.45) is 4.99 Å². The molecule has 0 saturated carbocycles. The van der Waals surface area contributed by atoms with Crippen LogP contribution in [0.25, 0.3) is 16.8 Å². The number of carbonyl (C=O) groups is 2. The van der Waals surface area contributed by atoms with Gasteiger partial charge in [0.05, 0.1) is 11.3 Å². The number of nitrogens with zero attached hydrogens (tertiary/aromatic N) is 1.